The molecule has 2 N–H and O–H groups in total. The number of halogens is 1. The van der Waals surface area contributed by atoms with Gasteiger partial charge in [-0.2, -0.15) is 10.2 Å². The fraction of sp³-hybridized carbons (Fsp3) is 0.286. The van der Waals surface area contributed by atoms with Gasteiger partial charge in [-0.25, -0.2) is 0 Å². The van der Waals surface area contributed by atoms with Crippen molar-refractivity contribution in [2.45, 2.75) is 11.1 Å². The standard InChI is InChI=1S/C14H16ClN3O2/c1-19-12-9-14(15,13(20-2)8-11(12)16)18-17-10-6-4-3-5-7-10/h3-9,13H,16H2,1-2H3. The van der Waals surface area contributed by atoms with Crippen molar-refractivity contribution in [2.24, 2.45) is 16.0 Å². The zero-order valence-corrected chi connectivity index (χ0v) is 12.0. The van der Waals surface area contributed by atoms with E-state index in [9.17, 15) is 0 Å². The highest BCUT2D eigenvalue weighted by Crippen LogP contribution is 2.35. The van der Waals surface area contributed by atoms with Crippen LogP contribution in [0.3, 0.4) is 0 Å². The molecule has 0 bridgehead atoms. The Labute approximate surface area is 122 Å². The fourth-order valence-electron chi connectivity index (χ4n) is 1.84. The Bertz CT molecular complexity index is 557. The molecule has 106 valence electrons. The van der Waals surface area contributed by atoms with Crippen molar-refractivity contribution in [3.05, 3.63) is 53.9 Å². The molecule has 2 unspecified atom stereocenters. The van der Waals surface area contributed by atoms with E-state index in [0.29, 0.717) is 17.1 Å². The number of hydrogen-bond donors (Lipinski definition) is 1. The van der Waals surface area contributed by atoms with Gasteiger partial charge in [-0.3, -0.25) is 0 Å². The highest BCUT2D eigenvalue weighted by Gasteiger charge is 2.39. The fourth-order valence-corrected chi connectivity index (χ4v) is 2.13. The number of alkyl halides is 1. The summed E-state index contributed by atoms with van der Waals surface area (Å²) in [5, 5.41) is 8.32. The van der Waals surface area contributed by atoms with Gasteiger partial charge in [0.15, 0.2) is 0 Å². The van der Waals surface area contributed by atoms with Crippen LogP contribution in [-0.4, -0.2) is 25.3 Å². The Balaban J connectivity index is 2.31. The molecule has 6 heteroatoms. The molecule has 0 radical (unpaired) electrons. The number of benzene rings is 1. The van der Waals surface area contributed by atoms with Gasteiger partial charge in [-0.15, -0.1) is 0 Å². The maximum atomic E-state index is 6.49. The lowest BCUT2D eigenvalue weighted by Gasteiger charge is -2.29. The second kappa shape index (κ2) is 6.07. The van der Waals surface area contributed by atoms with Gasteiger partial charge in [0.05, 0.1) is 18.5 Å². The van der Waals surface area contributed by atoms with Crippen LogP contribution in [0.4, 0.5) is 5.69 Å². The van der Waals surface area contributed by atoms with Crippen molar-refractivity contribution in [2.75, 3.05) is 14.2 Å². The van der Waals surface area contributed by atoms with E-state index in [1.807, 2.05) is 30.3 Å². The Morgan fingerprint density at radius 2 is 1.95 bits per heavy atom. The molecule has 0 fully saturated rings. The summed E-state index contributed by atoms with van der Waals surface area (Å²) in [5.41, 5.74) is 7.01. The second-order valence-corrected chi connectivity index (χ2v) is 4.86. The van der Waals surface area contributed by atoms with E-state index in [0.717, 1.165) is 0 Å². The van der Waals surface area contributed by atoms with Gasteiger partial charge in [0, 0.05) is 13.2 Å². The molecule has 0 spiro atoms. The van der Waals surface area contributed by atoms with Crippen LogP contribution in [0.2, 0.25) is 0 Å². The Kier molecular flexibility index (Phi) is 4.42. The molecule has 0 saturated carbocycles. The van der Waals surface area contributed by atoms with Gasteiger partial charge in [-0.05, 0) is 18.2 Å². The van der Waals surface area contributed by atoms with Gasteiger partial charge in [0.2, 0.25) is 5.00 Å². The lowest BCUT2D eigenvalue weighted by molar-refractivity contribution is 0.112. The first-order valence-electron chi connectivity index (χ1n) is 6.03. The van der Waals surface area contributed by atoms with Crippen LogP contribution in [0.15, 0.2) is 64.2 Å². The van der Waals surface area contributed by atoms with E-state index in [2.05, 4.69) is 10.2 Å². The summed E-state index contributed by atoms with van der Waals surface area (Å²) in [4.78, 5) is -1.18. The molecule has 1 aromatic rings. The van der Waals surface area contributed by atoms with Crippen LogP contribution in [0.5, 0.6) is 0 Å². The zero-order chi connectivity index (χ0) is 14.6. The molecule has 0 heterocycles. The molecule has 5 nitrogen and oxygen atoms in total. The summed E-state index contributed by atoms with van der Waals surface area (Å²) in [6.07, 6.45) is 2.75. The van der Waals surface area contributed by atoms with Gasteiger partial charge < -0.3 is 15.2 Å². The maximum Gasteiger partial charge on any atom is 0.206 e. The van der Waals surface area contributed by atoms with Crippen molar-refractivity contribution < 1.29 is 9.47 Å². The van der Waals surface area contributed by atoms with E-state index in [-0.39, 0.29) is 0 Å². The smallest absolute Gasteiger partial charge is 0.206 e. The summed E-state index contributed by atoms with van der Waals surface area (Å²) in [5.74, 6) is 0.459. The SMILES string of the molecule is COC1=CC(Cl)(N=Nc2ccccc2)C(OC)C=C1N. The van der Waals surface area contributed by atoms with E-state index >= 15 is 0 Å². The summed E-state index contributed by atoms with van der Waals surface area (Å²) < 4.78 is 10.5. The molecule has 0 aliphatic heterocycles. The molecular weight excluding hydrogens is 278 g/mol. The highest BCUT2D eigenvalue weighted by atomic mass is 35.5. The molecule has 0 saturated heterocycles. The first-order chi connectivity index (χ1) is 9.59. The number of methoxy groups -OCH3 is 2. The van der Waals surface area contributed by atoms with Crippen molar-refractivity contribution in [1.82, 2.24) is 0 Å². The number of azo groups is 1. The molecule has 1 aliphatic carbocycles. The number of nitrogens with zero attached hydrogens (tertiary/aromatic N) is 2. The van der Waals surface area contributed by atoms with Crippen LogP contribution in [0.25, 0.3) is 0 Å². The van der Waals surface area contributed by atoms with Crippen molar-refractivity contribution >= 4 is 17.3 Å². The minimum atomic E-state index is -1.18. The summed E-state index contributed by atoms with van der Waals surface area (Å²) >= 11 is 6.49. The van der Waals surface area contributed by atoms with Crippen LogP contribution in [-0.2, 0) is 9.47 Å². The summed E-state index contributed by atoms with van der Waals surface area (Å²) in [6, 6.07) is 9.32. The molecule has 0 amide bonds. The van der Waals surface area contributed by atoms with Crippen molar-refractivity contribution in [3.63, 3.8) is 0 Å². The van der Waals surface area contributed by atoms with Crippen molar-refractivity contribution in [3.8, 4) is 0 Å². The van der Waals surface area contributed by atoms with Gasteiger partial charge in [0.1, 0.15) is 11.9 Å². The average Bonchev–Trinajstić information content (AvgIpc) is 2.48. The Morgan fingerprint density at radius 3 is 2.55 bits per heavy atom. The summed E-state index contributed by atoms with van der Waals surface area (Å²) in [7, 11) is 3.06. The number of hydrogen-bond acceptors (Lipinski definition) is 5. The molecule has 2 atom stereocenters. The average molecular weight is 294 g/mol. The third kappa shape index (κ3) is 3.00. The largest absolute Gasteiger partial charge is 0.495 e. The third-order valence-corrected chi connectivity index (χ3v) is 3.30. The monoisotopic (exact) mass is 293 g/mol. The van der Waals surface area contributed by atoms with E-state index in [1.165, 1.54) is 14.2 Å². The zero-order valence-electron chi connectivity index (χ0n) is 11.3. The topological polar surface area (TPSA) is 69.2 Å². The highest BCUT2D eigenvalue weighted by molar-refractivity contribution is 6.26. The molecule has 0 aromatic heterocycles. The second-order valence-electron chi connectivity index (χ2n) is 4.25. The minimum absolute atomic E-state index is 0.459. The molecular formula is C14H16ClN3O2. The minimum Gasteiger partial charge on any atom is -0.495 e. The first kappa shape index (κ1) is 14.6. The molecule has 1 aliphatic rings. The van der Waals surface area contributed by atoms with Gasteiger partial charge in [-0.1, -0.05) is 29.8 Å². The quantitative estimate of drug-likeness (QED) is 0.527. The summed E-state index contributed by atoms with van der Waals surface area (Å²) in [6.45, 7) is 0. The Morgan fingerprint density at radius 1 is 1.25 bits per heavy atom. The lowest BCUT2D eigenvalue weighted by atomic mass is 10.0. The maximum absolute atomic E-state index is 6.49. The Hall–Kier alpha value is -1.85. The first-order valence-corrected chi connectivity index (χ1v) is 6.41. The number of ether oxygens (including phenoxy) is 2. The van der Waals surface area contributed by atoms with Crippen LogP contribution >= 0.6 is 11.6 Å². The molecule has 20 heavy (non-hydrogen) atoms. The van der Waals surface area contributed by atoms with Crippen LogP contribution in [0, 0.1) is 0 Å². The van der Waals surface area contributed by atoms with Crippen LogP contribution in [0.1, 0.15) is 0 Å². The van der Waals surface area contributed by atoms with E-state index in [1.54, 1.807) is 12.2 Å². The predicted octanol–water partition coefficient (Wildman–Crippen LogP) is 3.11. The van der Waals surface area contributed by atoms with Gasteiger partial charge >= 0.3 is 0 Å². The number of nitrogens with two attached hydrogens (primary N) is 1. The normalized spacial score (nSPS) is 26.2. The van der Waals surface area contributed by atoms with E-state index in [4.69, 9.17) is 26.8 Å². The molecule has 1 aromatic carbocycles. The van der Waals surface area contributed by atoms with Gasteiger partial charge in [0.25, 0.3) is 0 Å². The van der Waals surface area contributed by atoms with Crippen LogP contribution < -0.4 is 5.73 Å². The van der Waals surface area contributed by atoms with Crippen molar-refractivity contribution in [1.29, 1.82) is 0 Å². The molecule has 2 rings (SSSR count). The number of rotatable bonds is 4. The predicted molar refractivity (Wildman–Crippen MR) is 77.7 cm³/mol. The lowest BCUT2D eigenvalue weighted by Crippen LogP contribution is -2.37. The third-order valence-electron chi connectivity index (χ3n) is 2.90. The van der Waals surface area contributed by atoms with E-state index < -0.39 is 11.1 Å².